The molecule has 25 heavy (non-hydrogen) atoms. The van der Waals surface area contributed by atoms with Gasteiger partial charge in [-0.1, -0.05) is 18.2 Å². The molecule has 0 bridgehead atoms. The highest BCUT2D eigenvalue weighted by atomic mass is 16.5. The molecular weight excluding hydrogens is 318 g/mol. The van der Waals surface area contributed by atoms with Crippen molar-refractivity contribution in [2.45, 2.75) is 32.7 Å². The number of hydrogen-bond donors (Lipinski definition) is 0. The topological polar surface area (TPSA) is 73.6 Å². The Morgan fingerprint density at radius 3 is 2.40 bits per heavy atom. The third-order valence-electron chi connectivity index (χ3n) is 4.47. The van der Waals surface area contributed by atoms with E-state index in [2.05, 4.69) is 6.07 Å². The van der Waals surface area contributed by atoms with E-state index in [9.17, 15) is 14.9 Å². The number of nitrogens with zero attached hydrogens (tertiary/aromatic N) is 3. The molecule has 0 saturated heterocycles. The van der Waals surface area contributed by atoms with Crippen molar-refractivity contribution in [2.75, 3.05) is 25.1 Å². The van der Waals surface area contributed by atoms with Crippen molar-refractivity contribution >= 4 is 17.6 Å². The summed E-state index contributed by atoms with van der Waals surface area (Å²) in [6.45, 7) is 6.65. The zero-order valence-corrected chi connectivity index (χ0v) is 15.1. The summed E-state index contributed by atoms with van der Waals surface area (Å²) in [6.07, 6.45) is 0.114. The molecule has 6 nitrogen and oxygen atoms in total. The lowest BCUT2D eigenvalue weighted by Gasteiger charge is -2.43. The minimum atomic E-state index is -1.17. The molecule has 1 aliphatic rings. The molecule has 1 aliphatic heterocycles. The Kier molecular flexibility index (Phi) is 5.48. The Morgan fingerprint density at radius 1 is 1.32 bits per heavy atom. The van der Waals surface area contributed by atoms with Gasteiger partial charge in [0.25, 0.3) is 5.91 Å². The van der Waals surface area contributed by atoms with Gasteiger partial charge in [-0.3, -0.25) is 9.69 Å². The minimum absolute atomic E-state index is 0.114. The van der Waals surface area contributed by atoms with Crippen LogP contribution in [0.4, 0.5) is 5.69 Å². The van der Waals surface area contributed by atoms with Gasteiger partial charge in [0, 0.05) is 25.2 Å². The fraction of sp³-hybridized carbons (Fsp3) is 0.421. The second-order valence-corrected chi connectivity index (χ2v) is 6.03. The van der Waals surface area contributed by atoms with Crippen LogP contribution >= 0.6 is 0 Å². The molecule has 6 heteroatoms. The number of hydrogen-bond acceptors (Lipinski definition) is 5. The van der Waals surface area contributed by atoms with E-state index < -0.39 is 11.5 Å². The standard InChI is InChI=1S/C19H23N3O3/c1-5-21(6-2)16-15(18(24)25-4)12-19(3,13-20)22(17(16)23)14-10-8-7-9-11-14/h7-11H,5-6,12H2,1-4H3. The van der Waals surface area contributed by atoms with Crippen LogP contribution in [0, 0.1) is 11.3 Å². The fourth-order valence-electron chi connectivity index (χ4n) is 3.19. The van der Waals surface area contributed by atoms with Crippen LogP contribution in [0.1, 0.15) is 27.2 Å². The van der Waals surface area contributed by atoms with Gasteiger partial charge in [-0.2, -0.15) is 5.26 Å². The molecule has 2 rings (SSSR count). The summed E-state index contributed by atoms with van der Waals surface area (Å²) in [5, 5.41) is 9.78. The van der Waals surface area contributed by atoms with Gasteiger partial charge in [0.05, 0.1) is 18.8 Å². The number of rotatable bonds is 5. The molecule has 1 amide bonds. The van der Waals surface area contributed by atoms with Crippen LogP contribution in [0.5, 0.6) is 0 Å². The molecule has 132 valence electrons. The Labute approximate surface area is 148 Å². The van der Waals surface area contributed by atoms with E-state index in [4.69, 9.17) is 4.74 Å². The number of carbonyl (C=O) groups excluding carboxylic acids is 2. The maximum absolute atomic E-state index is 13.4. The van der Waals surface area contributed by atoms with Crippen molar-refractivity contribution in [3.8, 4) is 6.07 Å². The van der Waals surface area contributed by atoms with Crippen LogP contribution in [0.3, 0.4) is 0 Å². The first kappa shape index (κ1) is 18.5. The van der Waals surface area contributed by atoms with Crippen LogP contribution in [-0.4, -0.2) is 42.5 Å². The summed E-state index contributed by atoms with van der Waals surface area (Å²) in [7, 11) is 1.28. The fourth-order valence-corrected chi connectivity index (χ4v) is 3.19. The van der Waals surface area contributed by atoms with Crippen molar-refractivity contribution in [2.24, 2.45) is 0 Å². The Hall–Kier alpha value is -2.81. The second-order valence-electron chi connectivity index (χ2n) is 6.03. The van der Waals surface area contributed by atoms with E-state index in [1.165, 1.54) is 12.0 Å². The zero-order valence-electron chi connectivity index (χ0n) is 15.1. The van der Waals surface area contributed by atoms with Crippen molar-refractivity contribution in [1.29, 1.82) is 5.26 Å². The van der Waals surface area contributed by atoms with Crippen LogP contribution in [-0.2, 0) is 14.3 Å². The normalized spacial score (nSPS) is 20.3. The van der Waals surface area contributed by atoms with E-state index in [0.717, 1.165) is 0 Å². The number of amides is 1. The molecule has 1 atom stereocenters. The molecule has 0 fully saturated rings. The number of likely N-dealkylation sites (N-methyl/N-ethyl adjacent to an activating group) is 1. The number of anilines is 1. The zero-order chi connectivity index (χ0) is 18.6. The highest BCUT2D eigenvalue weighted by Gasteiger charge is 2.47. The van der Waals surface area contributed by atoms with Gasteiger partial charge in [-0.05, 0) is 32.9 Å². The van der Waals surface area contributed by atoms with Gasteiger partial charge in [-0.25, -0.2) is 4.79 Å². The first-order chi connectivity index (χ1) is 11.9. The molecule has 1 aromatic rings. The largest absolute Gasteiger partial charge is 0.466 e. The predicted molar refractivity (Wildman–Crippen MR) is 94.5 cm³/mol. The molecular formula is C19H23N3O3. The number of ether oxygens (including phenoxy) is 1. The lowest BCUT2D eigenvalue weighted by Crippen LogP contribution is -2.56. The molecule has 0 aromatic heterocycles. The highest BCUT2D eigenvalue weighted by Crippen LogP contribution is 2.37. The van der Waals surface area contributed by atoms with Gasteiger partial charge in [-0.15, -0.1) is 0 Å². The smallest absolute Gasteiger partial charge is 0.336 e. The summed E-state index contributed by atoms with van der Waals surface area (Å²) in [6, 6.07) is 11.3. The maximum Gasteiger partial charge on any atom is 0.336 e. The molecule has 1 aromatic carbocycles. The third-order valence-corrected chi connectivity index (χ3v) is 4.47. The van der Waals surface area contributed by atoms with E-state index in [0.29, 0.717) is 24.5 Å². The Bertz CT molecular complexity index is 732. The van der Waals surface area contributed by atoms with Gasteiger partial charge < -0.3 is 9.64 Å². The van der Waals surface area contributed by atoms with E-state index in [1.807, 2.05) is 36.9 Å². The maximum atomic E-state index is 13.4. The monoisotopic (exact) mass is 341 g/mol. The first-order valence-electron chi connectivity index (χ1n) is 8.30. The van der Waals surface area contributed by atoms with Gasteiger partial charge in [0.2, 0.25) is 0 Å². The summed E-state index contributed by atoms with van der Waals surface area (Å²) in [5.41, 5.74) is 0.0319. The van der Waals surface area contributed by atoms with E-state index in [-0.39, 0.29) is 17.9 Å². The van der Waals surface area contributed by atoms with Crippen molar-refractivity contribution in [1.82, 2.24) is 4.90 Å². The second kappa shape index (κ2) is 7.39. The number of para-hydroxylation sites is 1. The molecule has 0 saturated carbocycles. The van der Waals surface area contributed by atoms with Crippen LogP contribution in [0.25, 0.3) is 0 Å². The van der Waals surface area contributed by atoms with E-state index in [1.54, 1.807) is 19.1 Å². The molecule has 1 unspecified atom stereocenters. The lowest BCUT2D eigenvalue weighted by atomic mass is 9.85. The number of benzene rings is 1. The van der Waals surface area contributed by atoms with Crippen molar-refractivity contribution in [3.63, 3.8) is 0 Å². The summed E-state index contributed by atoms with van der Waals surface area (Å²) >= 11 is 0. The number of methoxy groups -OCH3 is 1. The summed E-state index contributed by atoms with van der Waals surface area (Å²) < 4.78 is 4.88. The van der Waals surface area contributed by atoms with E-state index >= 15 is 0 Å². The Balaban J connectivity index is 2.70. The molecule has 1 heterocycles. The highest BCUT2D eigenvalue weighted by molar-refractivity contribution is 6.13. The van der Waals surface area contributed by atoms with Crippen molar-refractivity contribution in [3.05, 3.63) is 41.6 Å². The average molecular weight is 341 g/mol. The van der Waals surface area contributed by atoms with Gasteiger partial charge >= 0.3 is 5.97 Å². The SMILES string of the molecule is CCN(CC)C1=C(C(=O)OC)CC(C)(C#N)N(c2ccccc2)C1=O. The molecule has 0 aliphatic carbocycles. The van der Waals surface area contributed by atoms with Crippen LogP contribution in [0.15, 0.2) is 41.6 Å². The number of carbonyl (C=O) groups is 2. The van der Waals surface area contributed by atoms with Crippen LogP contribution < -0.4 is 4.90 Å². The number of nitriles is 1. The van der Waals surface area contributed by atoms with Crippen molar-refractivity contribution < 1.29 is 14.3 Å². The summed E-state index contributed by atoms with van der Waals surface area (Å²) in [5.74, 6) is -0.921. The first-order valence-corrected chi connectivity index (χ1v) is 8.30. The van der Waals surface area contributed by atoms with Gasteiger partial charge in [0.15, 0.2) is 0 Å². The molecule has 0 spiro atoms. The number of esters is 1. The van der Waals surface area contributed by atoms with Crippen LogP contribution in [0.2, 0.25) is 0 Å². The lowest BCUT2D eigenvalue weighted by molar-refractivity contribution is -0.137. The molecule has 0 N–H and O–H groups in total. The van der Waals surface area contributed by atoms with Gasteiger partial charge in [0.1, 0.15) is 11.2 Å². The minimum Gasteiger partial charge on any atom is -0.466 e. The third kappa shape index (κ3) is 3.22. The quantitative estimate of drug-likeness (QED) is 0.769. The molecule has 0 radical (unpaired) electrons. The Morgan fingerprint density at radius 2 is 1.92 bits per heavy atom. The predicted octanol–water partition coefficient (Wildman–Crippen LogP) is 2.47. The summed E-state index contributed by atoms with van der Waals surface area (Å²) in [4.78, 5) is 29.0. The average Bonchev–Trinajstić information content (AvgIpc) is 2.64.